The van der Waals surface area contributed by atoms with Crippen molar-refractivity contribution in [1.29, 1.82) is 0 Å². The molecule has 0 bridgehead atoms. The maximum absolute atomic E-state index is 8.89. The first-order chi connectivity index (χ1) is 8.68. The average molecular weight is 251 g/mol. The van der Waals surface area contributed by atoms with Crippen LogP contribution in [0.25, 0.3) is 0 Å². The van der Waals surface area contributed by atoms with Gasteiger partial charge >= 0.3 is 0 Å². The fourth-order valence-electron chi connectivity index (χ4n) is 2.45. The van der Waals surface area contributed by atoms with Crippen molar-refractivity contribution < 1.29 is 14.5 Å². The van der Waals surface area contributed by atoms with Crippen molar-refractivity contribution in [2.24, 2.45) is 0 Å². The van der Waals surface area contributed by atoms with Crippen LogP contribution in [0.1, 0.15) is 58.3 Å². The Morgan fingerprint density at radius 1 is 1.06 bits per heavy atom. The molecule has 1 heterocycles. The smallest absolute Gasteiger partial charge is 0.163 e. The van der Waals surface area contributed by atoms with Gasteiger partial charge in [0.1, 0.15) is 13.1 Å². The summed E-state index contributed by atoms with van der Waals surface area (Å²) in [7, 11) is 0. The van der Waals surface area contributed by atoms with Crippen LogP contribution in [0.3, 0.4) is 0 Å². The molecule has 3 nitrogen and oxygen atoms in total. The molecular formula is C15H25NO2. The molecule has 0 amide bonds. The molecule has 0 radical (unpaired) electrons. The molecule has 3 heteroatoms. The molecule has 1 aliphatic carbocycles. The highest BCUT2D eigenvalue weighted by Crippen LogP contribution is 2.21. The van der Waals surface area contributed by atoms with Gasteiger partial charge in [0.05, 0.1) is 0 Å². The van der Waals surface area contributed by atoms with Gasteiger partial charge in [0, 0.05) is 24.9 Å². The van der Waals surface area contributed by atoms with E-state index in [2.05, 4.69) is 16.9 Å². The first-order valence-corrected chi connectivity index (χ1v) is 7.13. The Labute approximate surface area is 110 Å². The second-order valence-corrected chi connectivity index (χ2v) is 5.12. The maximum atomic E-state index is 8.89. The van der Waals surface area contributed by atoms with Gasteiger partial charge in [-0.15, -0.1) is 0 Å². The molecule has 0 N–H and O–H groups in total. The van der Waals surface area contributed by atoms with Crippen LogP contribution in [0.4, 0.5) is 0 Å². The number of hydrogen-bond acceptors (Lipinski definition) is 2. The third-order valence-electron chi connectivity index (χ3n) is 3.41. The summed E-state index contributed by atoms with van der Waals surface area (Å²) < 4.78 is 2.49. The number of carboxylic acid groups (broad SMARTS) is 1. The number of carbonyl (C=O) groups excluding carboxylic acids is 1. The highest BCUT2D eigenvalue weighted by Gasteiger charge is 2.10. The SMILES string of the molecule is C(C=[N+]1CCCCC1)=C1CCCCC1.CC(=O)[O-]. The Balaban J connectivity index is 0.000000357. The third-order valence-corrected chi connectivity index (χ3v) is 3.41. The minimum Gasteiger partial charge on any atom is -0.550 e. The van der Waals surface area contributed by atoms with Gasteiger partial charge in [0.15, 0.2) is 6.21 Å². The molecule has 2 fully saturated rings. The lowest BCUT2D eigenvalue weighted by atomic mass is 9.95. The Morgan fingerprint density at radius 3 is 2.11 bits per heavy atom. The molecule has 102 valence electrons. The minimum atomic E-state index is -1.08. The van der Waals surface area contributed by atoms with Crippen LogP contribution in [0.2, 0.25) is 0 Å². The minimum absolute atomic E-state index is 0.972. The van der Waals surface area contributed by atoms with Crippen LogP contribution in [0, 0.1) is 0 Å². The standard InChI is InChI=1S/C13H22N.C2H4O2/c1-3-7-13(8-4-1)9-12-14-10-5-2-6-11-14;1-2(3)4/h9,12H,1-8,10-11H2;1H3,(H,3,4)/q+1;/p-1. The van der Waals surface area contributed by atoms with E-state index in [0.29, 0.717) is 0 Å². The van der Waals surface area contributed by atoms with Crippen molar-refractivity contribution in [3.8, 4) is 0 Å². The van der Waals surface area contributed by atoms with Crippen LogP contribution in [-0.2, 0) is 4.79 Å². The number of hydrogen-bond donors (Lipinski definition) is 0. The zero-order valence-corrected chi connectivity index (χ0v) is 11.5. The lowest BCUT2D eigenvalue weighted by Crippen LogP contribution is -2.20. The average Bonchev–Trinajstić information content (AvgIpc) is 2.38. The number of nitrogens with zero attached hydrogens (tertiary/aromatic N) is 1. The van der Waals surface area contributed by atoms with E-state index in [1.54, 1.807) is 5.57 Å². The largest absolute Gasteiger partial charge is 0.550 e. The van der Waals surface area contributed by atoms with Gasteiger partial charge in [-0.25, -0.2) is 4.58 Å². The van der Waals surface area contributed by atoms with Gasteiger partial charge in [-0.3, -0.25) is 0 Å². The number of allylic oxidation sites excluding steroid dienone is 2. The number of piperidine rings is 1. The predicted octanol–water partition coefficient (Wildman–Crippen LogP) is 1.90. The molecule has 0 aromatic rings. The monoisotopic (exact) mass is 251 g/mol. The molecule has 0 unspecified atom stereocenters. The Bertz CT molecular complexity index is 272. The Morgan fingerprint density at radius 2 is 1.56 bits per heavy atom. The van der Waals surface area contributed by atoms with Gasteiger partial charge < -0.3 is 9.90 Å². The van der Waals surface area contributed by atoms with Crippen molar-refractivity contribution in [2.45, 2.75) is 58.3 Å². The van der Waals surface area contributed by atoms with E-state index in [0.717, 1.165) is 6.92 Å². The van der Waals surface area contributed by atoms with Crippen LogP contribution in [0.5, 0.6) is 0 Å². The summed E-state index contributed by atoms with van der Waals surface area (Å²) in [5.74, 6) is -1.08. The zero-order chi connectivity index (χ0) is 13.2. The Kier molecular flexibility index (Phi) is 7.38. The summed E-state index contributed by atoms with van der Waals surface area (Å²) in [5.41, 5.74) is 1.68. The Hall–Kier alpha value is -1.12. The van der Waals surface area contributed by atoms with Crippen molar-refractivity contribution in [3.63, 3.8) is 0 Å². The highest BCUT2D eigenvalue weighted by atomic mass is 16.4. The zero-order valence-electron chi connectivity index (χ0n) is 11.5. The van der Waals surface area contributed by atoms with Gasteiger partial charge in [-0.2, -0.15) is 0 Å². The molecule has 2 rings (SSSR count). The van der Waals surface area contributed by atoms with E-state index in [9.17, 15) is 0 Å². The van der Waals surface area contributed by atoms with E-state index >= 15 is 0 Å². The summed E-state index contributed by atoms with van der Waals surface area (Å²) in [6.45, 7) is 3.54. The summed E-state index contributed by atoms with van der Waals surface area (Å²) in [6.07, 6.45) is 15.9. The van der Waals surface area contributed by atoms with Crippen molar-refractivity contribution in [2.75, 3.05) is 13.1 Å². The summed E-state index contributed by atoms with van der Waals surface area (Å²) >= 11 is 0. The van der Waals surface area contributed by atoms with Crippen molar-refractivity contribution in [1.82, 2.24) is 0 Å². The second-order valence-electron chi connectivity index (χ2n) is 5.12. The number of rotatable bonds is 1. The summed E-state index contributed by atoms with van der Waals surface area (Å²) in [6, 6.07) is 0. The molecule has 2 aliphatic rings. The molecule has 1 saturated carbocycles. The van der Waals surface area contributed by atoms with Crippen molar-refractivity contribution in [3.05, 3.63) is 11.6 Å². The molecule has 1 saturated heterocycles. The van der Waals surface area contributed by atoms with Gasteiger partial charge in [0.25, 0.3) is 0 Å². The lowest BCUT2D eigenvalue weighted by Gasteiger charge is -2.12. The van der Waals surface area contributed by atoms with Crippen molar-refractivity contribution >= 4 is 12.2 Å². The van der Waals surface area contributed by atoms with Crippen LogP contribution < -0.4 is 5.11 Å². The van der Waals surface area contributed by atoms with Gasteiger partial charge in [-0.05, 0) is 39.0 Å². The van der Waals surface area contributed by atoms with E-state index in [4.69, 9.17) is 9.90 Å². The fraction of sp³-hybridized carbons (Fsp3) is 0.733. The highest BCUT2D eigenvalue weighted by molar-refractivity contribution is 5.67. The summed E-state index contributed by atoms with van der Waals surface area (Å²) in [5, 5.41) is 8.89. The van der Waals surface area contributed by atoms with Gasteiger partial charge in [-0.1, -0.05) is 12.0 Å². The van der Waals surface area contributed by atoms with E-state index < -0.39 is 5.97 Å². The quantitative estimate of drug-likeness (QED) is 0.668. The maximum Gasteiger partial charge on any atom is 0.163 e. The van der Waals surface area contributed by atoms with Crippen LogP contribution in [-0.4, -0.2) is 29.8 Å². The van der Waals surface area contributed by atoms with Crippen LogP contribution in [0.15, 0.2) is 11.6 Å². The van der Waals surface area contributed by atoms with Gasteiger partial charge in [0.2, 0.25) is 0 Å². The normalized spacial score (nSPS) is 19.6. The van der Waals surface area contributed by atoms with Crippen LogP contribution >= 0.6 is 0 Å². The molecule has 1 aliphatic heterocycles. The molecule has 18 heavy (non-hydrogen) atoms. The fourth-order valence-corrected chi connectivity index (χ4v) is 2.45. The summed E-state index contributed by atoms with van der Waals surface area (Å²) in [4.78, 5) is 8.89. The second kappa shape index (κ2) is 8.90. The van der Waals surface area contributed by atoms with E-state index in [1.807, 2.05) is 0 Å². The lowest BCUT2D eigenvalue weighted by molar-refractivity contribution is -0.532. The van der Waals surface area contributed by atoms with E-state index in [-0.39, 0.29) is 0 Å². The van der Waals surface area contributed by atoms with E-state index in [1.165, 1.54) is 64.5 Å². The predicted molar refractivity (Wildman–Crippen MR) is 71.8 cm³/mol. The first kappa shape index (κ1) is 14.9. The molecule has 0 atom stereocenters. The molecule has 0 aromatic heterocycles. The topological polar surface area (TPSA) is 43.1 Å². The number of carboxylic acids is 1. The number of carbonyl (C=O) groups is 1. The molecule has 0 spiro atoms. The third kappa shape index (κ3) is 7.25. The number of aliphatic carboxylic acids is 1. The molecular weight excluding hydrogens is 226 g/mol. The molecule has 0 aromatic carbocycles. The first-order valence-electron chi connectivity index (χ1n) is 7.13.